The number of nitrogens with zero attached hydrogens (tertiary/aromatic N) is 5. The van der Waals surface area contributed by atoms with Gasteiger partial charge in [0.2, 0.25) is 5.91 Å². The van der Waals surface area contributed by atoms with Crippen LogP contribution in [0.4, 0.5) is 0 Å². The van der Waals surface area contributed by atoms with Gasteiger partial charge in [-0.3, -0.25) is 19.4 Å². The molecule has 2 aromatic carbocycles. The number of primary amides is 1. The molecule has 0 spiro atoms. The van der Waals surface area contributed by atoms with E-state index in [0.29, 0.717) is 29.7 Å². The smallest absolute Gasteiger partial charge is 0.249 e. The van der Waals surface area contributed by atoms with E-state index in [4.69, 9.17) is 32.2 Å². The highest BCUT2D eigenvalue weighted by molar-refractivity contribution is 6.31. The normalized spacial score (nSPS) is 16.9. The Labute approximate surface area is 233 Å². The topological polar surface area (TPSA) is 89.5 Å². The van der Waals surface area contributed by atoms with E-state index in [2.05, 4.69) is 27.6 Å². The first kappa shape index (κ1) is 25.8. The predicted octanol–water partition coefficient (Wildman–Crippen LogP) is 4.68. The molecule has 0 atom stereocenters. The summed E-state index contributed by atoms with van der Waals surface area (Å²) in [5.74, 6) is 0.365. The van der Waals surface area contributed by atoms with Crippen LogP contribution >= 0.6 is 11.6 Å². The number of fused-ring (bicyclic) bond motifs is 2. The lowest BCUT2D eigenvalue weighted by atomic mass is 9.95. The number of rotatable bonds is 6. The van der Waals surface area contributed by atoms with Crippen LogP contribution in [0.2, 0.25) is 5.02 Å². The number of aromatic nitrogens is 3. The minimum Gasteiger partial charge on any atom is -0.496 e. The lowest BCUT2D eigenvalue weighted by Gasteiger charge is -2.30. The van der Waals surface area contributed by atoms with E-state index in [1.807, 2.05) is 42.5 Å². The summed E-state index contributed by atoms with van der Waals surface area (Å²) in [6.07, 6.45) is 2.82. The molecular weight excluding hydrogens is 512 g/mol. The van der Waals surface area contributed by atoms with Gasteiger partial charge in [-0.25, -0.2) is 0 Å². The van der Waals surface area contributed by atoms with Crippen molar-refractivity contribution < 1.29 is 9.53 Å². The van der Waals surface area contributed by atoms with Gasteiger partial charge in [0, 0.05) is 53.3 Å². The van der Waals surface area contributed by atoms with Crippen LogP contribution in [0, 0.1) is 0 Å². The third-order valence-electron chi connectivity index (χ3n) is 8.02. The monoisotopic (exact) mass is 544 g/mol. The zero-order valence-electron chi connectivity index (χ0n) is 22.4. The third kappa shape index (κ3) is 5.00. The van der Waals surface area contributed by atoms with E-state index in [9.17, 15) is 4.79 Å². The maximum atomic E-state index is 12.6. The van der Waals surface area contributed by atoms with Gasteiger partial charge in [-0.2, -0.15) is 5.10 Å². The third-order valence-corrected chi connectivity index (χ3v) is 8.25. The lowest BCUT2D eigenvalue weighted by Crippen LogP contribution is -2.33. The number of hydrogen-bond acceptors (Lipinski definition) is 6. The Morgan fingerprint density at radius 3 is 2.69 bits per heavy atom. The zero-order chi connectivity index (χ0) is 27.1. The van der Waals surface area contributed by atoms with Gasteiger partial charge in [0.05, 0.1) is 35.6 Å². The SMILES string of the molecule is COc1ccc(Cl)cc1-c1cc(CN2CCc3nc4ccccc4c(C(N)=O)c3C2)nn1C1CCN(C)CC1. The first-order valence-corrected chi connectivity index (χ1v) is 13.8. The van der Waals surface area contributed by atoms with Gasteiger partial charge in [0.15, 0.2) is 0 Å². The van der Waals surface area contributed by atoms with Crippen molar-refractivity contribution in [3.8, 4) is 17.0 Å². The molecule has 0 aliphatic carbocycles. The molecule has 1 fully saturated rings. The number of pyridine rings is 1. The molecule has 4 aromatic rings. The predicted molar refractivity (Wildman–Crippen MR) is 153 cm³/mol. The van der Waals surface area contributed by atoms with Gasteiger partial charge in [0.1, 0.15) is 5.75 Å². The van der Waals surface area contributed by atoms with E-state index in [1.54, 1.807) is 7.11 Å². The van der Waals surface area contributed by atoms with E-state index >= 15 is 0 Å². The largest absolute Gasteiger partial charge is 0.496 e. The quantitative estimate of drug-likeness (QED) is 0.379. The summed E-state index contributed by atoms with van der Waals surface area (Å²) in [6, 6.07) is 15.9. The molecule has 202 valence electrons. The van der Waals surface area contributed by atoms with Gasteiger partial charge in [0.25, 0.3) is 0 Å². The molecule has 0 unspecified atom stereocenters. The summed E-state index contributed by atoms with van der Waals surface area (Å²) in [6.45, 7) is 4.15. The van der Waals surface area contributed by atoms with Crippen LogP contribution in [0.1, 0.15) is 46.2 Å². The van der Waals surface area contributed by atoms with Crippen LogP contribution in [0.3, 0.4) is 0 Å². The minimum absolute atomic E-state index is 0.299. The van der Waals surface area contributed by atoms with Crippen molar-refractivity contribution in [2.75, 3.05) is 33.8 Å². The van der Waals surface area contributed by atoms with Gasteiger partial charge in [-0.15, -0.1) is 0 Å². The van der Waals surface area contributed by atoms with Crippen LogP contribution in [0.15, 0.2) is 48.5 Å². The molecule has 9 heteroatoms. The number of carbonyl (C=O) groups excluding carboxylic acids is 1. The van der Waals surface area contributed by atoms with Crippen molar-refractivity contribution in [1.82, 2.24) is 24.6 Å². The highest BCUT2D eigenvalue weighted by Gasteiger charge is 2.28. The molecular formula is C30H33ClN6O2. The number of halogens is 1. The number of ether oxygens (including phenoxy) is 1. The molecule has 6 rings (SSSR count). The summed E-state index contributed by atoms with van der Waals surface area (Å²) in [5, 5.41) is 6.62. The molecule has 1 amide bonds. The zero-order valence-corrected chi connectivity index (χ0v) is 23.1. The van der Waals surface area contributed by atoms with Crippen molar-refractivity contribution in [3.63, 3.8) is 0 Å². The van der Waals surface area contributed by atoms with Crippen LogP contribution in [0.5, 0.6) is 5.75 Å². The second-order valence-corrected chi connectivity index (χ2v) is 11.0. The van der Waals surface area contributed by atoms with Crippen LogP contribution in [-0.4, -0.2) is 64.3 Å². The molecule has 8 nitrogen and oxygen atoms in total. The molecule has 0 bridgehead atoms. The van der Waals surface area contributed by atoms with Crippen molar-refractivity contribution in [2.24, 2.45) is 5.73 Å². The highest BCUT2D eigenvalue weighted by atomic mass is 35.5. The number of nitrogens with two attached hydrogens (primary N) is 1. The summed E-state index contributed by atoms with van der Waals surface area (Å²) >= 11 is 6.43. The van der Waals surface area contributed by atoms with E-state index < -0.39 is 5.91 Å². The van der Waals surface area contributed by atoms with Gasteiger partial charge < -0.3 is 15.4 Å². The summed E-state index contributed by atoms with van der Waals surface area (Å²) in [5.41, 5.74) is 12.1. The maximum absolute atomic E-state index is 12.6. The van der Waals surface area contributed by atoms with Crippen molar-refractivity contribution in [3.05, 3.63) is 76.1 Å². The number of carbonyl (C=O) groups is 1. The lowest BCUT2D eigenvalue weighted by molar-refractivity contribution is 0.0998. The fourth-order valence-corrected chi connectivity index (χ4v) is 6.19. The van der Waals surface area contributed by atoms with E-state index in [-0.39, 0.29) is 0 Å². The molecule has 0 saturated carbocycles. The Morgan fingerprint density at radius 2 is 1.92 bits per heavy atom. The Bertz CT molecular complexity index is 1540. The average molecular weight is 545 g/mol. The molecule has 1 saturated heterocycles. The van der Waals surface area contributed by atoms with Gasteiger partial charge >= 0.3 is 0 Å². The number of benzene rings is 2. The van der Waals surface area contributed by atoms with Crippen molar-refractivity contribution in [1.29, 1.82) is 0 Å². The Morgan fingerprint density at radius 1 is 1.13 bits per heavy atom. The van der Waals surface area contributed by atoms with E-state index in [0.717, 1.165) is 83.8 Å². The van der Waals surface area contributed by atoms with Crippen LogP contribution < -0.4 is 10.5 Å². The number of hydrogen-bond donors (Lipinski definition) is 1. The summed E-state index contributed by atoms with van der Waals surface area (Å²) in [7, 11) is 3.85. The second kappa shape index (κ2) is 10.6. The Kier molecular flexibility index (Phi) is 7.01. The average Bonchev–Trinajstić information content (AvgIpc) is 3.35. The number of likely N-dealkylation sites (tertiary alicyclic amines) is 1. The first-order chi connectivity index (χ1) is 18.9. The number of para-hydroxylation sites is 1. The molecule has 39 heavy (non-hydrogen) atoms. The number of methoxy groups -OCH3 is 1. The van der Waals surface area contributed by atoms with Gasteiger partial charge in [-0.1, -0.05) is 29.8 Å². The first-order valence-electron chi connectivity index (χ1n) is 13.4. The molecule has 0 radical (unpaired) electrons. The van der Waals surface area contributed by atoms with Crippen molar-refractivity contribution in [2.45, 2.75) is 38.4 Å². The fraction of sp³-hybridized carbons (Fsp3) is 0.367. The second-order valence-electron chi connectivity index (χ2n) is 10.6. The Balaban J connectivity index is 1.35. The molecule has 2 aromatic heterocycles. The van der Waals surface area contributed by atoms with Gasteiger partial charge in [-0.05, 0) is 63.3 Å². The van der Waals surface area contributed by atoms with Crippen LogP contribution in [0.25, 0.3) is 22.2 Å². The van der Waals surface area contributed by atoms with Crippen molar-refractivity contribution >= 4 is 28.4 Å². The van der Waals surface area contributed by atoms with E-state index in [1.165, 1.54) is 0 Å². The maximum Gasteiger partial charge on any atom is 0.249 e. The molecule has 2 N–H and O–H groups in total. The molecule has 4 heterocycles. The fourth-order valence-electron chi connectivity index (χ4n) is 6.01. The minimum atomic E-state index is -0.409. The summed E-state index contributed by atoms with van der Waals surface area (Å²) in [4.78, 5) is 22.1. The number of piperidine rings is 1. The highest BCUT2D eigenvalue weighted by Crippen LogP contribution is 2.37. The number of amides is 1. The Hall–Kier alpha value is -3.46. The molecule has 2 aliphatic rings. The van der Waals surface area contributed by atoms with Crippen LogP contribution in [-0.2, 0) is 19.5 Å². The molecule has 2 aliphatic heterocycles. The summed E-state index contributed by atoms with van der Waals surface area (Å²) < 4.78 is 7.89. The standard InChI is InChI=1S/C30H33ClN6O2/c1-35-12-9-21(10-13-35)37-27(23-15-19(31)7-8-28(23)39-2)16-20(34-37)17-36-14-11-26-24(18-36)29(30(32)38)22-5-3-4-6-25(22)33-26/h3-8,15-16,21H,9-14,17-18H2,1-2H3,(H2,32,38).